The smallest absolute Gasteiger partial charge is 0.332 e. The van der Waals surface area contributed by atoms with Crippen molar-refractivity contribution in [2.75, 3.05) is 26.2 Å². The third-order valence-electron chi connectivity index (χ3n) is 6.18. The number of aliphatic hydroxyl groups is 2. The van der Waals surface area contributed by atoms with Crippen molar-refractivity contribution < 1.29 is 30.0 Å². The molecule has 0 spiro atoms. The van der Waals surface area contributed by atoms with E-state index in [2.05, 4.69) is 34.9 Å². The minimum absolute atomic E-state index is 0.814. The van der Waals surface area contributed by atoms with Gasteiger partial charge in [0, 0.05) is 10.0 Å². The lowest BCUT2D eigenvalue weighted by molar-refractivity contribution is -0.146. The number of aliphatic carboxylic acids is 2. The van der Waals surface area contributed by atoms with E-state index in [1.807, 2.05) is 24.3 Å². The number of benzene rings is 2. The van der Waals surface area contributed by atoms with Gasteiger partial charge in [0.25, 0.3) is 0 Å². The number of carbonyl (C=O) groups is 2. The summed E-state index contributed by atoms with van der Waals surface area (Å²) in [5.41, 5.74) is 2.70. The largest absolute Gasteiger partial charge is 0.479 e. The molecule has 0 saturated carbocycles. The van der Waals surface area contributed by atoms with E-state index in [-0.39, 0.29) is 0 Å². The molecule has 2 aromatic carbocycles. The van der Waals surface area contributed by atoms with Gasteiger partial charge in [0.2, 0.25) is 0 Å². The number of nitrogens with one attached hydrogen (secondary N) is 2. The van der Waals surface area contributed by atoms with E-state index in [4.69, 9.17) is 43.6 Å². The summed E-state index contributed by atoms with van der Waals surface area (Å²) in [7, 11) is 0. The Morgan fingerprint density at radius 3 is 1.10 bits per heavy atom. The molecule has 2 unspecified atom stereocenters. The van der Waals surface area contributed by atoms with Gasteiger partial charge in [0.15, 0.2) is 0 Å². The lowest BCUT2D eigenvalue weighted by Gasteiger charge is -2.06. The fourth-order valence-electron chi connectivity index (χ4n) is 3.58. The second-order valence-corrected chi connectivity index (χ2v) is 11.0. The van der Waals surface area contributed by atoms with E-state index in [0.717, 1.165) is 49.1 Å². The first-order chi connectivity index (χ1) is 20.0. The standard InChI is InChI=1S/C26H38Cl2N2.2C3H6O3/c27-25-13-9-23(10-14-25)17-21-29-19-7-5-3-1-2-4-6-8-20-30-22-18-24-11-15-26(28)16-12-24;2*1-2(4)3(5)6/h9-16,29-30H,1-8,17-22H2;2*2,4H,1H3,(H,5,6). The quantitative estimate of drug-likeness (QED) is 0.104. The lowest BCUT2D eigenvalue weighted by atomic mass is 10.1. The topological polar surface area (TPSA) is 139 Å². The highest BCUT2D eigenvalue weighted by molar-refractivity contribution is 6.30. The first kappa shape index (κ1) is 39.8. The highest BCUT2D eigenvalue weighted by atomic mass is 35.5. The summed E-state index contributed by atoms with van der Waals surface area (Å²) >= 11 is 11.8. The van der Waals surface area contributed by atoms with Crippen molar-refractivity contribution in [3.05, 3.63) is 69.7 Å². The monoisotopic (exact) mass is 628 g/mol. The molecule has 0 aromatic heterocycles. The zero-order valence-electron chi connectivity index (χ0n) is 25.0. The predicted octanol–water partition coefficient (Wildman–Crippen LogP) is 5.98. The Morgan fingerprint density at radius 2 is 0.833 bits per heavy atom. The summed E-state index contributed by atoms with van der Waals surface area (Å²) in [6.07, 6.45) is 10.5. The maximum atomic E-state index is 9.45. The summed E-state index contributed by atoms with van der Waals surface area (Å²) in [6.45, 7) is 6.76. The molecule has 0 aliphatic carbocycles. The van der Waals surface area contributed by atoms with Crippen LogP contribution in [-0.4, -0.2) is 70.8 Å². The number of halogens is 2. The Bertz CT molecular complexity index is 864. The van der Waals surface area contributed by atoms with Gasteiger partial charge in [-0.05, 0) is 101 Å². The Balaban J connectivity index is 0.00000117. The summed E-state index contributed by atoms with van der Waals surface area (Å²) in [4.78, 5) is 18.9. The van der Waals surface area contributed by atoms with Crippen LogP contribution in [0.15, 0.2) is 48.5 Å². The molecule has 0 heterocycles. The van der Waals surface area contributed by atoms with Gasteiger partial charge in [0.05, 0.1) is 0 Å². The molecule has 8 nitrogen and oxygen atoms in total. The van der Waals surface area contributed by atoms with Crippen LogP contribution < -0.4 is 10.6 Å². The first-order valence-electron chi connectivity index (χ1n) is 14.7. The molecular formula is C32H50Cl2N2O6. The van der Waals surface area contributed by atoms with Gasteiger partial charge in [-0.1, -0.05) is 86.0 Å². The van der Waals surface area contributed by atoms with Crippen LogP contribution in [0.4, 0.5) is 0 Å². The second-order valence-electron chi connectivity index (χ2n) is 10.1. The molecule has 0 aliphatic heterocycles. The van der Waals surface area contributed by atoms with Crippen LogP contribution in [0.25, 0.3) is 0 Å². The van der Waals surface area contributed by atoms with E-state index in [9.17, 15) is 9.59 Å². The SMILES string of the molecule is CC(O)C(=O)O.CC(O)C(=O)O.Clc1ccc(CCNCCCCCCCCCCNCCc2ccc(Cl)cc2)cc1. The van der Waals surface area contributed by atoms with Crippen molar-refractivity contribution in [2.24, 2.45) is 0 Å². The fourth-order valence-corrected chi connectivity index (χ4v) is 3.83. The van der Waals surface area contributed by atoms with Crippen LogP contribution >= 0.6 is 23.2 Å². The van der Waals surface area contributed by atoms with Gasteiger partial charge in [0.1, 0.15) is 12.2 Å². The zero-order valence-corrected chi connectivity index (χ0v) is 26.5. The number of hydrogen-bond donors (Lipinski definition) is 6. The molecule has 2 atom stereocenters. The van der Waals surface area contributed by atoms with E-state index in [1.54, 1.807) is 0 Å². The molecule has 0 fully saturated rings. The Hall–Kier alpha value is -2.20. The van der Waals surface area contributed by atoms with Crippen LogP contribution in [0.5, 0.6) is 0 Å². The summed E-state index contributed by atoms with van der Waals surface area (Å²) in [5, 5.41) is 40.3. The van der Waals surface area contributed by atoms with Gasteiger partial charge >= 0.3 is 11.9 Å². The number of carboxylic acids is 2. The molecule has 42 heavy (non-hydrogen) atoms. The van der Waals surface area contributed by atoms with Crippen LogP contribution in [-0.2, 0) is 22.4 Å². The average molecular weight is 630 g/mol. The molecule has 6 N–H and O–H groups in total. The third kappa shape index (κ3) is 25.5. The molecule has 238 valence electrons. The first-order valence-corrected chi connectivity index (χ1v) is 15.5. The van der Waals surface area contributed by atoms with Gasteiger partial charge in [-0.15, -0.1) is 0 Å². The molecule has 0 amide bonds. The van der Waals surface area contributed by atoms with E-state index >= 15 is 0 Å². The van der Waals surface area contributed by atoms with E-state index < -0.39 is 24.1 Å². The molecular weight excluding hydrogens is 579 g/mol. The predicted molar refractivity (Wildman–Crippen MR) is 172 cm³/mol. The number of hydrogen-bond acceptors (Lipinski definition) is 6. The van der Waals surface area contributed by atoms with Crippen LogP contribution in [0, 0.1) is 0 Å². The minimum Gasteiger partial charge on any atom is -0.479 e. The van der Waals surface area contributed by atoms with Crippen LogP contribution in [0.3, 0.4) is 0 Å². The van der Waals surface area contributed by atoms with Crippen LogP contribution in [0.1, 0.15) is 76.3 Å². The molecule has 0 saturated heterocycles. The minimum atomic E-state index is -1.23. The Labute approximate surface area is 261 Å². The molecule has 0 aliphatic rings. The Morgan fingerprint density at radius 1 is 0.571 bits per heavy atom. The van der Waals surface area contributed by atoms with Gasteiger partial charge in [-0.25, -0.2) is 9.59 Å². The van der Waals surface area contributed by atoms with E-state index in [1.165, 1.54) is 76.3 Å². The van der Waals surface area contributed by atoms with Crippen molar-refractivity contribution in [3.63, 3.8) is 0 Å². The number of aliphatic hydroxyl groups excluding tert-OH is 2. The van der Waals surface area contributed by atoms with Gasteiger partial charge < -0.3 is 31.1 Å². The van der Waals surface area contributed by atoms with Gasteiger partial charge in [-0.3, -0.25) is 0 Å². The van der Waals surface area contributed by atoms with Crippen molar-refractivity contribution in [1.29, 1.82) is 0 Å². The van der Waals surface area contributed by atoms with Crippen molar-refractivity contribution in [2.45, 2.75) is 90.3 Å². The second kappa shape index (κ2) is 26.4. The maximum absolute atomic E-state index is 9.45. The van der Waals surface area contributed by atoms with Crippen molar-refractivity contribution in [1.82, 2.24) is 10.6 Å². The molecule has 2 aromatic rings. The molecule has 0 radical (unpaired) electrons. The zero-order chi connectivity index (χ0) is 31.6. The fraction of sp³-hybridized carbons (Fsp3) is 0.562. The number of rotatable bonds is 19. The van der Waals surface area contributed by atoms with E-state index in [0.29, 0.717) is 0 Å². The Kier molecular flexibility index (Phi) is 25.0. The van der Waals surface area contributed by atoms with Crippen molar-refractivity contribution in [3.8, 4) is 0 Å². The van der Waals surface area contributed by atoms with Crippen LogP contribution in [0.2, 0.25) is 10.0 Å². The highest BCUT2D eigenvalue weighted by Crippen LogP contribution is 2.11. The average Bonchev–Trinajstić information content (AvgIpc) is 2.95. The normalized spacial score (nSPS) is 11.9. The maximum Gasteiger partial charge on any atom is 0.332 e. The molecule has 0 bridgehead atoms. The molecule has 2 rings (SSSR count). The summed E-state index contributed by atoms with van der Waals surface area (Å²) < 4.78 is 0. The van der Waals surface area contributed by atoms with Gasteiger partial charge in [-0.2, -0.15) is 0 Å². The summed E-state index contributed by atoms with van der Waals surface area (Å²) in [5.74, 6) is -2.37. The number of carboxylic acid groups (broad SMARTS) is 2. The lowest BCUT2D eigenvalue weighted by Crippen LogP contribution is -2.18. The number of unbranched alkanes of at least 4 members (excludes halogenated alkanes) is 7. The third-order valence-corrected chi connectivity index (χ3v) is 6.68. The summed E-state index contributed by atoms with van der Waals surface area (Å²) in [6, 6.07) is 16.3. The van der Waals surface area contributed by atoms with Crippen molar-refractivity contribution >= 4 is 35.1 Å². The molecule has 10 heteroatoms. The highest BCUT2D eigenvalue weighted by Gasteiger charge is 2.02.